The molecule has 0 saturated heterocycles. The molecule has 2 amide bonds. The van der Waals surface area contributed by atoms with Crippen molar-refractivity contribution >= 4 is 17.8 Å². The van der Waals surface area contributed by atoms with Gasteiger partial charge in [-0.1, -0.05) is 42.5 Å². The number of hydrogen-bond acceptors (Lipinski definition) is 5. The predicted molar refractivity (Wildman–Crippen MR) is 111 cm³/mol. The number of hydrogen-bond donors (Lipinski definition) is 0. The average Bonchev–Trinajstić information content (AvgIpc) is 3.02. The van der Waals surface area contributed by atoms with Gasteiger partial charge in [-0.15, -0.1) is 0 Å². The van der Waals surface area contributed by atoms with Crippen LogP contribution in [0.4, 0.5) is 0 Å². The maximum atomic E-state index is 12.4. The Morgan fingerprint density at radius 2 is 1.53 bits per heavy atom. The van der Waals surface area contributed by atoms with Gasteiger partial charge >= 0.3 is 5.97 Å². The van der Waals surface area contributed by atoms with Gasteiger partial charge in [-0.05, 0) is 37.6 Å². The lowest BCUT2D eigenvalue weighted by Gasteiger charge is -2.14. The average molecular weight is 400 g/mol. The van der Waals surface area contributed by atoms with E-state index in [1.165, 1.54) is 4.90 Å². The summed E-state index contributed by atoms with van der Waals surface area (Å²) in [6.45, 7) is 2.07. The Bertz CT molecular complexity index is 1090. The van der Waals surface area contributed by atoms with Crippen molar-refractivity contribution in [2.75, 3.05) is 13.2 Å². The van der Waals surface area contributed by atoms with Crippen LogP contribution < -0.4 is 0 Å². The third-order valence-electron chi connectivity index (χ3n) is 5.01. The summed E-state index contributed by atoms with van der Waals surface area (Å²) < 4.78 is 5.33. The van der Waals surface area contributed by atoms with E-state index in [0.29, 0.717) is 28.8 Å². The van der Waals surface area contributed by atoms with Crippen molar-refractivity contribution in [1.82, 2.24) is 9.88 Å². The highest BCUT2D eigenvalue weighted by Crippen LogP contribution is 2.22. The molecule has 150 valence electrons. The lowest BCUT2D eigenvalue weighted by molar-refractivity contribution is 0.0481. The number of esters is 1. The third kappa shape index (κ3) is 3.72. The summed E-state index contributed by atoms with van der Waals surface area (Å²) in [5.41, 5.74) is 3.58. The van der Waals surface area contributed by atoms with Gasteiger partial charge in [0.25, 0.3) is 11.8 Å². The van der Waals surface area contributed by atoms with Crippen molar-refractivity contribution in [3.63, 3.8) is 0 Å². The molecule has 0 atom stereocenters. The summed E-state index contributed by atoms with van der Waals surface area (Å²) in [5, 5.41) is 0. The van der Waals surface area contributed by atoms with Crippen molar-refractivity contribution < 1.29 is 19.1 Å². The van der Waals surface area contributed by atoms with Crippen LogP contribution in [0.2, 0.25) is 0 Å². The van der Waals surface area contributed by atoms with Crippen molar-refractivity contribution in [2.24, 2.45) is 0 Å². The van der Waals surface area contributed by atoms with Crippen molar-refractivity contribution in [3.05, 3.63) is 89.1 Å². The summed E-state index contributed by atoms with van der Waals surface area (Å²) in [7, 11) is 0. The molecule has 2 heterocycles. The van der Waals surface area contributed by atoms with Crippen LogP contribution >= 0.6 is 0 Å². The molecule has 0 saturated carbocycles. The molecule has 0 bridgehead atoms. The van der Waals surface area contributed by atoms with Crippen molar-refractivity contribution in [1.29, 1.82) is 0 Å². The number of carbonyl (C=O) groups is 3. The number of ether oxygens (including phenoxy) is 1. The van der Waals surface area contributed by atoms with E-state index in [9.17, 15) is 14.4 Å². The highest BCUT2D eigenvalue weighted by Gasteiger charge is 2.34. The standard InChI is InChI=1S/C24H20N2O4/c1-16-18(12-13-21(25-16)17-8-3-2-4-9-17)24(29)30-15-7-14-26-22(27)19-10-5-6-11-20(19)23(26)28/h2-6,8-13H,7,14-15H2,1H3. The summed E-state index contributed by atoms with van der Waals surface area (Å²) >= 11 is 0. The zero-order valence-electron chi connectivity index (χ0n) is 16.5. The highest BCUT2D eigenvalue weighted by atomic mass is 16.5. The molecular weight excluding hydrogens is 380 g/mol. The van der Waals surface area contributed by atoms with Crippen LogP contribution in [0.3, 0.4) is 0 Å². The second-order valence-corrected chi connectivity index (χ2v) is 6.99. The zero-order chi connectivity index (χ0) is 21.1. The van der Waals surface area contributed by atoms with Crippen LogP contribution in [0.25, 0.3) is 11.3 Å². The Morgan fingerprint density at radius 1 is 0.900 bits per heavy atom. The number of rotatable bonds is 6. The molecule has 1 aromatic heterocycles. The Morgan fingerprint density at radius 3 is 2.17 bits per heavy atom. The fourth-order valence-corrected chi connectivity index (χ4v) is 3.45. The van der Waals surface area contributed by atoms with Crippen LogP contribution in [0.15, 0.2) is 66.7 Å². The number of aryl methyl sites for hydroxylation is 1. The molecule has 0 spiro atoms. The number of fused-ring (bicyclic) bond motifs is 1. The number of pyridine rings is 1. The number of aromatic nitrogens is 1. The smallest absolute Gasteiger partial charge is 0.339 e. The second-order valence-electron chi connectivity index (χ2n) is 6.99. The summed E-state index contributed by atoms with van der Waals surface area (Å²) in [4.78, 5) is 42.8. The molecule has 6 nitrogen and oxygen atoms in total. The van der Waals surface area contributed by atoms with E-state index < -0.39 is 5.97 Å². The number of carbonyl (C=O) groups excluding carboxylic acids is 3. The van der Waals surface area contributed by atoms with Gasteiger partial charge in [0.1, 0.15) is 0 Å². The number of nitrogens with zero attached hydrogens (tertiary/aromatic N) is 2. The van der Waals surface area contributed by atoms with E-state index in [2.05, 4.69) is 4.98 Å². The molecular formula is C24H20N2O4. The third-order valence-corrected chi connectivity index (χ3v) is 5.01. The van der Waals surface area contributed by atoms with Crippen LogP contribution in [-0.2, 0) is 4.74 Å². The minimum atomic E-state index is -0.470. The van der Waals surface area contributed by atoms with E-state index in [4.69, 9.17) is 4.74 Å². The quantitative estimate of drug-likeness (QED) is 0.356. The summed E-state index contributed by atoms with van der Waals surface area (Å²) in [5.74, 6) is -1.08. The molecule has 1 aliphatic rings. The lowest BCUT2D eigenvalue weighted by atomic mass is 10.1. The van der Waals surface area contributed by atoms with E-state index in [-0.39, 0.29) is 25.0 Å². The first-order valence-electron chi connectivity index (χ1n) is 9.71. The minimum absolute atomic E-state index is 0.103. The van der Waals surface area contributed by atoms with Crippen molar-refractivity contribution in [3.8, 4) is 11.3 Å². The molecule has 0 fully saturated rings. The Hall–Kier alpha value is -3.80. The summed E-state index contributed by atoms with van der Waals surface area (Å²) in [6.07, 6.45) is 0.367. The monoisotopic (exact) mass is 400 g/mol. The van der Waals surface area contributed by atoms with Crippen molar-refractivity contribution in [2.45, 2.75) is 13.3 Å². The number of imide groups is 1. The normalized spacial score (nSPS) is 12.8. The van der Waals surface area contributed by atoms with Crippen LogP contribution in [0.5, 0.6) is 0 Å². The van der Waals surface area contributed by atoms with Gasteiger partial charge in [0.05, 0.1) is 34.7 Å². The summed E-state index contributed by atoms with van der Waals surface area (Å²) in [6, 6.07) is 20.0. The lowest BCUT2D eigenvalue weighted by Crippen LogP contribution is -2.31. The largest absolute Gasteiger partial charge is 0.462 e. The molecule has 3 aromatic rings. The molecule has 1 aliphatic heterocycles. The van der Waals surface area contributed by atoms with Gasteiger partial charge in [-0.25, -0.2) is 4.79 Å². The van der Waals surface area contributed by atoms with Crippen LogP contribution in [0, 0.1) is 6.92 Å². The first-order valence-corrected chi connectivity index (χ1v) is 9.71. The second kappa shape index (κ2) is 8.29. The van der Waals surface area contributed by atoms with Crippen LogP contribution in [0.1, 0.15) is 43.2 Å². The molecule has 0 aliphatic carbocycles. The van der Waals surface area contributed by atoms with E-state index in [1.807, 2.05) is 30.3 Å². The highest BCUT2D eigenvalue weighted by molar-refractivity contribution is 6.21. The van der Waals surface area contributed by atoms with Gasteiger partial charge < -0.3 is 4.74 Å². The van der Waals surface area contributed by atoms with E-state index in [1.54, 1.807) is 43.3 Å². The Kier molecular flexibility index (Phi) is 5.39. The van der Waals surface area contributed by atoms with Gasteiger partial charge in [-0.2, -0.15) is 0 Å². The molecule has 4 rings (SSSR count). The topological polar surface area (TPSA) is 76.6 Å². The first kappa shape index (κ1) is 19.5. The molecule has 6 heteroatoms. The Labute approximate surface area is 174 Å². The van der Waals surface area contributed by atoms with E-state index >= 15 is 0 Å². The van der Waals surface area contributed by atoms with Gasteiger partial charge in [0.2, 0.25) is 0 Å². The molecule has 0 unspecified atom stereocenters. The molecule has 0 N–H and O–H groups in total. The zero-order valence-corrected chi connectivity index (χ0v) is 16.5. The number of amides is 2. The minimum Gasteiger partial charge on any atom is -0.462 e. The molecule has 30 heavy (non-hydrogen) atoms. The fourth-order valence-electron chi connectivity index (χ4n) is 3.45. The maximum Gasteiger partial charge on any atom is 0.339 e. The predicted octanol–water partition coefficient (Wildman–Crippen LogP) is 3.90. The Balaban J connectivity index is 1.33. The molecule has 2 aromatic carbocycles. The van der Waals surface area contributed by atoms with Gasteiger partial charge in [0, 0.05) is 12.1 Å². The SMILES string of the molecule is Cc1nc(-c2ccccc2)ccc1C(=O)OCCCN1C(=O)c2ccccc2C1=O. The maximum absolute atomic E-state index is 12.4. The van der Waals surface area contributed by atoms with Gasteiger partial charge in [0.15, 0.2) is 0 Å². The van der Waals surface area contributed by atoms with E-state index in [0.717, 1.165) is 11.3 Å². The molecule has 0 radical (unpaired) electrons. The first-order chi connectivity index (χ1) is 14.6. The van der Waals surface area contributed by atoms with Gasteiger partial charge in [-0.3, -0.25) is 19.5 Å². The number of benzene rings is 2. The van der Waals surface area contributed by atoms with Crippen LogP contribution in [-0.4, -0.2) is 40.8 Å². The fraction of sp³-hybridized carbons (Fsp3) is 0.167.